The third-order valence-corrected chi connectivity index (χ3v) is 4.41. The summed E-state index contributed by atoms with van der Waals surface area (Å²) in [5.74, 6) is 2.63. The van der Waals surface area contributed by atoms with Crippen molar-refractivity contribution in [3.63, 3.8) is 0 Å². The average molecular weight is 387 g/mol. The van der Waals surface area contributed by atoms with Crippen LogP contribution < -0.4 is 28.4 Å². The van der Waals surface area contributed by atoms with Crippen molar-refractivity contribution >= 4 is 0 Å². The Morgan fingerprint density at radius 1 is 0.679 bits per heavy atom. The van der Waals surface area contributed by atoms with Crippen LogP contribution in [-0.4, -0.2) is 42.7 Å². The smallest absolute Gasteiger partial charge is 0.203 e. The van der Waals surface area contributed by atoms with Crippen LogP contribution in [0.2, 0.25) is 0 Å². The summed E-state index contributed by atoms with van der Waals surface area (Å²) >= 11 is 0. The highest BCUT2D eigenvalue weighted by Gasteiger charge is 2.21. The summed E-state index contributed by atoms with van der Waals surface area (Å²) in [7, 11) is 9.29. The van der Waals surface area contributed by atoms with Crippen molar-refractivity contribution < 1.29 is 28.4 Å². The van der Waals surface area contributed by atoms with Gasteiger partial charge in [0.2, 0.25) is 11.5 Å². The van der Waals surface area contributed by atoms with Crippen LogP contribution in [0.3, 0.4) is 0 Å². The molecule has 0 amide bonds. The average Bonchev–Trinajstić information content (AvgIpc) is 2.75. The van der Waals surface area contributed by atoms with E-state index in [0.717, 1.165) is 11.1 Å². The van der Waals surface area contributed by atoms with Crippen molar-refractivity contribution in [2.75, 3.05) is 42.7 Å². The molecule has 0 fully saturated rings. The first-order chi connectivity index (χ1) is 13.6. The van der Waals surface area contributed by atoms with Gasteiger partial charge in [0.25, 0.3) is 0 Å². The molecule has 0 bridgehead atoms. The fourth-order valence-corrected chi connectivity index (χ4v) is 3.03. The number of hydrogen-bond acceptors (Lipinski definition) is 7. The second-order valence-corrected chi connectivity index (χ2v) is 5.88. The van der Waals surface area contributed by atoms with Crippen LogP contribution in [0.15, 0.2) is 24.3 Å². The molecule has 0 spiro atoms. The molecular weight excluding hydrogens is 362 g/mol. The second kappa shape index (κ2) is 9.60. The summed E-state index contributed by atoms with van der Waals surface area (Å²) in [6.07, 6.45) is 0.436. The SMILES string of the molecule is COc1cc(CC(C#N)c2cc(OC)c(OC)c(OC)c2)cc(OC)c1OC. The molecule has 0 aromatic heterocycles. The van der Waals surface area contributed by atoms with Gasteiger partial charge >= 0.3 is 0 Å². The summed E-state index contributed by atoms with van der Waals surface area (Å²) in [4.78, 5) is 0. The highest BCUT2D eigenvalue weighted by atomic mass is 16.5. The Bertz CT molecular complexity index is 808. The van der Waals surface area contributed by atoms with Crippen molar-refractivity contribution in [3.05, 3.63) is 35.4 Å². The molecule has 1 atom stereocenters. The van der Waals surface area contributed by atoms with Crippen molar-refractivity contribution in [1.29, 1.82) is 5.26 Å². The van der Waals surface area contributed by atoms with Gasteiger partial charge in [0.1, 0.15) is 0 Å². The lowest BCUT2D eigenvalue weighted by Crippen LogP contribution is -2.04. The molecule has 0 saturated heterocycles. The maximum absolute atomic E-state index is 9.80. The Morgan fingerprint density at radius 2 is 1.07 bits per heavy atom. The largest absolute Gasteiger partial charge is 0.493 e. The first-order valence-corrected chi connectivity index (χ1v) is 8.55. The van der Waals surface area contributed by atoms with Crippen molar-refractivity contribution in [3.8, 4) is 40.6 Å². The minimum Gasteiger partial charge on any atom is -0.493 e. The van der Waals surface area contributed by atoms with Gasteiger partial charge in [-0.3, -0.25) is 0 Å². The number of methoxy groups -OCH3 is 6. The van der Waals surface area contributed by atoms with Gasteiger partial charge in [-0.05, 0) is 41.8 Å². The van der Waals surface area contributed by atoms with Crippen LogP contribution >= 0.6 is 0 Å². The quantitative estimate of drug-likeness (QED) is 0.650. The van der Waals surface area contributed by atoms with E-state index >= 15 is 0 Å². The molecule has 150 valence electrons. The lowest BCUT2D eigenvalue weighted by molar-refractivity contribution is 0.323. The predicted octanol–water partition coefficient (Wildman–Crippen LogP) is 3.59. The van der Waals surface area contributed by atoms with Crippen LogP contribution in [0, 0.1) is 11.3 Å². The molecule has 0 aliphatic heterocycles. The fourth-order valence-electron chi connectivity index (χ4n) is 3.03. The lowest BCUT2D eigenvalue weighted by atomic mass is 9.92. The highest BCUT2D eigenvalue weighted by molar-refractivity contribution is 5.56. The van der Waals surface area contributed by atoms with Crippen LogP contribution in [0.25, 0.3) is 0 Å². The molecule has 0 aliphatic carbocycles. The Hall–Kier alpha value is -3.27. The van der Waals surface area contributed by atoms with E-state index in [4.69, 9.17) is 28.4 Å². The molecule has 0 saturated carbocycles. The summed E-state index contributed by atoms with van der Waals surface area (Å²) in [5.41, 5.74) is 1.63. The first-order valence-electron chi connectivity index (χ1n) is 8.55. The zero-order chi connectivity index (χ0) is 20.7. The molecule has 28 heavy (non-hydrogen) atoms. The molecular formula is C21H25NO6. The van der Waals surface area contributed by atoms with Gasteiger partial charge in [-0.25, -0.2) is 0 Å². The van der Waals surface area contributed by atoms with Gasteiger partial charge in [0.05, 0.1) is 54.6 Å². The van der Waals surface area contributed by atoms with Gasteiger partial charge in [0, 0.05) is 0 Å². The number of rotatable bonds is 9. The summed E-state index contributed by atoms with van der Waals surface area (Å²) in [6.45, 7) is 0. The van der Waals surface area contributed by atoms with E-state index in [1.54, 1.807) is 47.7 Å². The van der Waals surface area contributed by atoms with E-state index in [-0.39, 0.29) is 0 Å². The molecule has 0 heterocycles. The van der Waals surface area contributed by atoms with E-state index in [0.29, 0.717) is 40.9 Å². The monoisotopic (exact) mass is 387 g/mol. The zero-order valence-electron chi connectivity index (χ0n) is 17.0. The Balaban J connectivity index is 2.47. The molecule has 7 nitrogen and oxygen atoms in total. The van der Waals surface area contributed by atoms with Gasteiger partial charge in [0.15, 0.2) is 23.0 Å². The van der Waals surface area contributed by atoms with Gasteiger partial charge in [-0.15, -0.1) is 0 Å². The number of benzene rings is 2. The van der Waals surface area contributed by atoms with E-state index in [1.165, 1.54) is 7.11 Å². The third-order valence-electron chi connectivity index (χ3n) is 4.41. The molecule has 2 aromatic carbocycles. The third kappa shape index (κ3) is 4.17. The predicted molar refractivity (Wildman–Crippen MR) is 104 cm³/mol. The highest BCUT2D eigenvalue weighted by Crippen LogP contribution is 2.42. The van der Waals surface area contributed by atoms with Crippen molar-refractivity contribution in [1.82, 2.24) is 0 Å². The molecule has 0 N–H and O–H groups in total. The number of hydrogen-bond donors (Lipinski definition) is 0. The number of ether oxygens (including phenoxy) is 6. The molecule has 1 unspecified atom stereocenters. The van der Waals surface area contributed by atoms with Crippen LogP contribution in [0.5, 0.6) is 34.5 Å². The zero-order valence-corrected chi connectivity index (χ0v) is 17.0. The molecule has 0 radical (unpaired) electrons. The van der Waals surface area contributed by atoms with Crippen LogP contribution in [0.4, 0.5) is 0 Å². The standard InChI is InChI=1S/C21H25NO6/c1-23-16-8-13(9-17(24-2)20(16)27-5)7-15(12-22)14-10-18(25-3)21(28-6)19(11-14)26-4/h8-11,15H,7H2,1-6H3. The van der Waals surface area contributed by atoms with Crippen molar-refractivity contribution in [2.24, 2.45) is 0 Å². The maximum atomic E-state index is 9.80. The van der Waals surface area contributed by atoms with E-state index in [2.05, 4.69) is 6.07 Å². The van der Waals surface area contributed by atoms with Crippen molar-refractivity contribution in [2.45, 2.75) is 12.3 Å². The minimum atomic E-state index is -0.448. The van der Waals surface area contributed by atoms with Gasteiger partial charge < -0.3 is 28.4 Å². The van der Waals surface area contributed by atoms with Crippen LogP contribution in [-0.2, 0) is 6.42 Å². The topological polar surface area (TPSA) is 79.2 Å². The minimum absolute atomic E-state index is 0.436. The maximum Gasteiger partial charge on any atom is 0.203 e. The number of nitriles is 1. The Kier molecular flexibility index (Phi) is 7.21. The summed E-state index contributed by atoms with van der Waals surface area (Å²) < 4.78 is 32.3. The van der Waals surface area contributed by atoms with Crippen LogP contribution in [0.1, 0.15) is 17.0 Å². The van der Waals surface area contributed by atoms with E-state index in [9.17, 15) is 5.26 Å². The molecule has 2 rings (SSSR count). The fraction of sp³-hybridized carbons (Fsp3) is 0.381. The summed E-state index contributed by atoms with van der Waals surface area (Å²) in [5, 5.41) is 9.80. The Labute approximate surface area is 165 Å². The molecule has 2 aromatic rings. The second-order valence-electron chi connectivity index (χ2n) is 5.88. The number of nitrogens with zero attached hydrogens (tertiary/aromatic N) is 1. The van der Waals surface area contributed by atoms with E-state index in [1.807, 2.05) is 12.1 Å². The molecule has 7 heteroatoms. The first kappa shape index (κ1) is 21.0. The lowest BCUT2D eigenvalue weighted by Gasteiger charge is -2.18. The van der Waals surface area contributed by atoms with E-state index < -0.39 is 5.92 Å². The summed E-state index contributed by atoms with van der Waals surface area (Å²) in [6, 6.07) is 9.59. The van der Waals surface area contributed by atoms with Gasteiger partial charge in [-0.1, -0.05) is 0 Å². The molecule has 0 aliphatic rings. The normalized spacial score (nSPS) is 11.2. The Morgan fingerprint density at radius 3 is 1.39 bits per heavy atom. The van der Waals surface area contributed by atoms with Gasteiger partial charge in [-0.2, -0.15) is 5.26 Å².